The van der Waals surface area contributed by atoms with Gasteiger partial charge in [-0.25, -0.2) is 0 Å². The second-order valence-electron chi connectivity index (χ2n) is 2.56. The van der Waals surface area contributed by atoms with E-state index in [9.17, 15) is 4.79 Å². The van der Waals surface area contributed by atoms with Gasteiger partial charge in [0.25, 0.3) is 0 Å². The third kappa shape index (κ3) is 2.62. The van der Waals surface area contributed by atoms with E-state index in [0.29, 0.717) is 5.56 Å². The SMILES string of the molecule is C=C(Br)Cc1cccc(C=O)c1. The Balaban J connectivity index is 2.86. The lowest BCUT2D eigenvalue weighted by atomic mass is 10.1. The molecule has 0 heterocycles. The highest BCUT2D eigenvalue weighted by atomic mass is 79.9. The first-order valence-electron chi connectivity index (χ1n) is 3.60. The van der Waals surface area contributed by atoms with E-state index in [4.69, 9.17) is 0 Å². The summed E-state index contributed by atoms with van der Waals surface area (Å²) >= 11 is 3.27. The average Bonchev–Trinajstić information content (AvgIpc) is 2.03. The zero-order valence-corrected chi connectivity index (χ0v) is 8.17. The minimum Gasteiger partial charge on any atom is -0.298 e. The van der Waals surface area contributed by atoms with Crippen LogP contribution in [-0.2, 0) is 6.42 Å². The Kier molecular flexibility index (Phi) is 3.23. The molecule has 1 rings (SSSR count). The highest BCUT2D eigenvalue weighted by molar-refractivity contribution is 9.11. The second kappa shape index (κ2) is 4.21. The van der Waals surface area contributed by atoms with E-state index in [1.807, 2.05) is 18.2 Å². The highest BCUT2D eigenvalue weighted by Gasteiger charge is 1.95. The molecular weight excluding hydrogens is 216 g/mol. The Morgan fingerprint density at radius 3 is 2.92 bits per heavy atom. The third-order valence-corrected chi connectivity index (χ3v) is 1.76. The molecule has 0 unspecified atom stereocenters. The molecule has 0 aliphatic heterocycles. The number of carbonyl (C=O) groups excluding carboxylic acids is 1. The Morgan fingerprint density at radius 1 is 1.58 bits per heavy atom. The van der Waals surface area contributed by atoms with Crippen molar-refractivity contribution in [1.29, 1.82) is 0 Å². The van der Waals surface area contributed by atoms with Crippen molar-refractivity contribution in [1.82, 2.24) is 0 Å². The monoisotopic (exact) mass is 224 g/mol. The molecule has 0 fully saturated rings. The van der Waals surface area contributed by atoms with Crippen LogP contribution in [0, 0.1) is 0 Å². The van der Waals surface area contributed by atoms with E-state index in [0.717, 1.165) is 22.8 Å². The highest BCUT2D eigenvalue weighted by Crippen LogP contribution is 2.12. The summed E-state index contributed by atoms with van der Waals surface area (Å²) in [6, 6.07) is 7.49. The van der Waals surface area contributed by atoms with Crippen molar-refractivity contribution in [3.8, 4) is 0 Å². The number of benzene rings is 1. The number of hydrogen-bond acceptors (Lipinski definition) is 1. The van der Waals surface area contributed by atoms with E-state index in [1.165, 1.54) is 0 Å². The van der Waals surface area contributed by atoms with Crippen LogP contribution in [0.4, 0.5) is 0 Å². The quantitative estimate of drug-likeness (QED) is 0.722. The van der Waals surface area contributed by atoms with Gasteiger partial charge in [-0.1, -0.05) is 40.7 Å². The molecule has 0 aliphatic carbocycles. The van der Waals surface area contributed by atoms with Crippen LogP contribution < -0.4 is 0 Å². The summed E-state index contributed by atoms with van der Waals surface area (Å²) < 4.78 is 0.922. The first kappa shape index (κ1) is 9.20. The molecule has 12 heavy (non-hydrogen) atoms. The maximum absolute atomic E-state index is 10.4. The molecule has 0 bridgehead atoms. The molecule has 0 spiro atoms. The summed E-state index contributed by atoms with van der Waals surface area (Å²) in [5.74, 6) is 0. The van der Waals surface area contributed by atoms with Gasteiger partial charge in [0, 0.05) is 12.0 Å². The fourth-order valence-electron chi connectivity index (χ4n) is 0.998. The largest absolute Gasteiger partial charge is 0.298 e. The van der Waals surface area contributed by atoms with Gasteiger partial charge in [-0.2, -0.15) is 0 Å². The molecule has 0 radical (unpaired) electrons. The van der Waals surface area contributed by atoms with Crippen LogP contribution >= 0.6 is 15.9 Å². The molecule has 1 aromatic rings. The molecule has 0 saturated carbocycles. The number of allylic oxidation sites excluding steroid dienone is 1. The second-order valence-corrected chi connectivity index (χ2v) is 3.68. The lowest BCUT2D eigenvalue weighted by Gasteiger charge is -1.98. The van der Waals surface area contributed by atoms with Crippen molar-refractivity contribution in [3.05, 3.63) is 46.5 Å². The smallest absolute Gasteiger partial charge is 0.150 e. The van der Waals surface area contributed by atoms with E-state index < -0.39 is 0 Å². The number of carbonyl (C=O) groups is 1. The van der Waals surface area contributed by atoms with Gasteiger partial charge in [-0.15, -0.1) is 0 Å². The maximum Gasteiger partial charge on any atom is 0.150 e. The van der Waals surface area contributed by atoms with Crippen LogP contribution in [0.25, 0.3) is 0 Å². The van der Waals surface area contributed by atoms with Crippen LogP contribution in [0.3, 0.4) is 0 Å². The van der Waals surface area contributed by atoms with Gasteiger partial charge in [0.15, 0.2) is 0 Å². The zero-order chi connectivity index (χ0) is 8.97. The topological polar surface area (TPSA) is 17.1 Å². The van der Waals surface area contributed by atoms with E-state index >= 15 is 0 Å². The lowest BCUT2D eigenvalue weighted by Crippen LogP contribution is -1.86. The molecule has 0 saturated heterocycles. The average molecular weight is 225 g/mol. The first-order chi connectivity index (χ1) is 5.72. The molecular formula is C10H9BrO. The normalized spacial score (nSPS) is 9.42. The zero-order valence-electron chi connectivity index (χ0n) is 6.59. The predicted octanol–water partition coefficient (Wildman–Crippen LogP) is 2.95. The summed E-state index contributed by atoms with van der Waals surface area (Å²) in [4.78, 5) is 10.4. The molecule has 62 valence electrons. The summed E-state index contributed by atoms with van der Waals surface area (Å²) in [6.45, 7) is 3.73. The van der Waals surface area contributed by atoms with Crippen LogP contribution in [-0.4, -0.2) is 6.29 Å². The van der Waals surface area contributed by atoms with Crippen molar-refractivity contribution in [2.45, 2.75) is 6.42 Å². The van der Waals surface area contributed by atoms with Crippen molar-refractivity contribution in [2.24, 2.45) is 0 Å². The first-order valence-corrected chi connectivity index (χ1v) is 4.39. The van der Waals surface area contributed by atoms with Crippen LogP contribution in [0.5, 0.6) is 0 Å². The Labute approximate surface area is 80.2 Å². The molecule has 1 nitrogen and oxygen atoms in total. The number of rotatable bonds is 3. The summed E-state index contributed by atoms with van der Waals surface area (Å²) in [5.41, 5.74) is 1.81. The van der Waals surface area contributed by atoms with Gasteiger partial charge in [0.2, 0.25) is 0 Å². The minimum absolute atomic E-state index is 0.709. The molecule has 2 heteroatoms. The van der Waals surface area contributed by atoms with E-state index in [2.05, 4.69) is 22.5 Å². The van der Waals surface area contributed by atoms with Gasteiger partial charge in [0.05, 0.1) is 0 Å². The molecule has 1 aromatic carbocycles. The van der Waals surface area contributed by atoms with Crippen LogP contribution in [0.1, 0.15) is 15.9 Å². The summed E-state index contributed by atoms with van der Waals surface area (Å²) in [5, 5.41) is 0. The molecule has 0 aromatic heterocycles. The van der Waals surface area contributed by atoms with Gasteiger partial charge in [-0.3, -0.25) is 4.79 Å². The Bertz CT molecular complexity index is 304. The van der Waals surface area contributed by atoms with Crippen molar-refractivity contribution < 1.29 is 4.79 Å². The van der Waals surface area contributed by atoms with Crippen molar-refractivity contribution in [2.75, 3.05) is 0 Å². The van der Waals surface area contributed by atoms with E-state index in [1.54, 1.807) is 6.07 Å². The van der Waals surface area contributed by atoms with Gasteiger partial charge in [0.1, 0.15) is 6.29 Å². The number of hydrogen-bond donors (Lipinski definition) is 0. The molecule has 0 amide bonds. The molecule has 0 aliphatic rings. The summed E-state index contributed by atoms with van der Waals surface area (Å²) in [7, 11) is 0. The van der Waals surface area contributed by atoms with Gasteiger partial charge in [-0.05, 0) is 16.1 Å². The molecule has 0 atom stereocenters. The van der Waals surface area contributed by atoms with Crippen molar-refractivity contribution in [3.63, 3.8) is 0 Å². The Hall–Kier alpha value is -0.890. The fraction of sp³-hybridized carbons (Fsp3) is 0.100. The van der Waals surface area contributed by atoms with E-state index in [-0.39, 0.29) is 0 Å². The van der Waals surface area contributed by atoms with Crippen LogP contribution in [0.2, 0.25) is 0 Å². The van der Waals surface area contributed by atoms with Gasteiger partial charge < -0.3 is 0 Å². The van der Waals surface area contributed by atoms with Crippen molar-refractivity contribution >= 4 is 22.2 Å². The fourth-order valence-corrected chi connectivity index (χ4v) is 1.32. The number of halogens is 1. The maximum atomic E-state index is 10.4. The van der Waals surface area contributed by atoms with Crippen LogP contribution in [0.15, 0.2) is 35.3 Å². The minimum atomic E-state index is 0.709. The lowest BCUT2D eigenvalue weighted by molar-refractivity contribution is 0.112. The Morgan fingerprint density at radius 2 is 2.33 bits per heavy atom. The number of aldehydes is 1. The van der Waals surface area contributed by atoms with Gasteiger partial charge >= 0.3 is 0 Å². The molecule has 0 N–H and O–H groups in total. The standard InChI is InChI=1S/C10H9BrO/c1-8(11)5-9-3-2-4-10(6-9)7-12/h2-4,6-7H,1,5H2. The predicted molar refractivity (Wildman–Crippen MR) is 53.6 cm³/mol. The third-order valence-electron chi connectivity index (χ3n) is 1.48. The summed E-state index contributed by atoms with van der Waals surface area (Å²) in [6.07, 6.45) is 1.61.